The summed E-state index contributed by atoms with van der Waals surface area (Å²) in [6.45, 7) is 6.99. The zero-order valence-electron chi connectivity index (χ0n) is 15.3. The van der Waals surface area contributed by atoms with Crippen LogP contribution in [0.1, 0.15) is 31.0 Å². The van der Waals surface area contributed by atoms with E-state index in [2.05, 4.69) is 46.8 Å². The van der Waals surface area contributed by atoms with Gasteiger partial charge in [0.2, 0.25) is 0 Å². The number of benzene rings is 1. The molecular weight excluding hydrogens is 316 g/mol. The van der Waals surface area contributed by atoms with E-state index in [1.54, 1.807) is 20.5 Å². The predicted molar refractivity (Wildman–Crippen MR) is 99.5 cm³/mol. The standard InChI is InChI=1S/C19H24N4O2/c1-12(2)23-10-13(3)17-18(21-11-22-19(17)23)20-9-14-6-7-15(24-4)8-16(14)25-5/h6-8,10-12H,9H2,1-5H3,(H,20,21,22). The number of anilines is 1. The minimum atomic E-state index is 0.348. The van der Waals surface area contributed by atoms with Crippen LogP contribution < -0.4 is 14.8 Å². The molecule has 0 bridgehead atoms. The van der Waals surface area contributed by atoms with Crippen LogP contribution in [0.5, 0.6) is 11.5 Å². The van der Waals surface area contributed by atoms with Crippen molar-refractivity contribution >= 4 is 16.9 Å². The Bertz CT molecular complexity index is 887. The maximum absolute atomic E-state index is 5.47. The summed E-state index contributed by atoms with van der Waals surface area (Å²) in [6, 6.07) is 6.15. The lowest BCUT2D eigenvalue weighted by molar-refractivity contribution is 0.391. The van der Waals surface area contributed by atoms with Crippen LogP contribution in [0.15, 0.2) is 30.7 Å². The summed E-state index contributed by atoms with van der Waals surface area (Å²) in [5, 5.41) is 4.48. The number of aryl methyl sites for hydroxylation is 1. The first-order valence-corrected chi connectivity index (χ1v) is 8.32. The van der Waals surface area contributed by atoms with Gasteiger partial charge in [-0.25, -0.2) is 9.97 Å². The molecule has 1 N–H and O–H groups in total. The van der Waals surface area contributed by atoms with Crippen molar-refractivity contribution in [3.8, 4) is 11.5 Å². The van der Waals surface area contributed by atoms with Crippen molar-refractivity contribution in [3.05, 3.63) is 41.9 Å². The molecule has 0 fully saturated rings. The molecule has 25 heavy (non-hydrogen) atoms. The van der Waals surface area contributed by atoms with Crippen molar-refractivity contribution in [1.29, 1.82) is 0 Å². The summed E-state index contributed by atoms with van der Waals surface area (Å²) < 4.78 is 12.9. The highest BCUT2D eigenvalue weighted by Gasteiger charge is 2.14. The zero-order chi connectivity index (χ0) is 18.0. The van der Waals surface area contributed by atoms with E-state index in [0.29, 0.717) is 12.6 Å². The SMILES string of the molecule is COc1ccc(CNc2ncnc3c2c(C)cn3C(C)C)c(OC)c1. The summed E-state index contributed by atoms with van der Waals surface area (Å²) in [5.74, 6) is 2.39. The Morgan fingerprint density at radius 1 is 1.16 bits per heavy atom. The summed E-state index contributed by atoms with van der Waals surface area (Å²) in [5.41, 5.74) is 3.15. The van der Waals surface area contributed by atoms with Crippen LogP contribution >= 0.6 is 0 Å². The van der Waals surface area contributed by atoms with E-state index < -0.39 is 0 Å². The van der Waals surface area contributed by atoms with Crippen molar-refractivity contribution in [2.24, 2.45) is 0 Å². The monoisotopic (exact) mass is 340 g/mol. The number of rotatable bonds is 6. The molecule has 6 nitrogen and oxygen atoms in total. The normalized spacial score (nSPS) is 11.1. The van der Waals surface area contributed by atoms with Gasteiger partial charge in [0.25, 0.3) is 0 Å². The highest BCUT2D eigenvalue weighted by Crippen LogP contribution is 2.29. The Hall–Kier alpha value is -2.76. The number of hydrogen-bond acceptors (Lipinski definition) is 5. The number of hydrogen-bond donors (Lipinski definition) is 1. The zero-order valence-corrected chi connectivity index (χ0v) is 15.3. The maximum Gasteiger partial charge on any atom is 0.145 e. The van der Waals surface area contributed by atoms with Crippen molar-refractivity contribution in [1.82, 2.24) is 14.5 Å². The second-order valence-corrected chi connectivity index (χ2v) is 6.27. The number of aromatic nitrogens is 3. The lowest BCUT2D eigenvalue weighted by atomic mass is 10.2. The Morgan fingerprint density at radius 3 is 2.64 bits per heavy atom. The third-order valence-corrected chi connectivity index (χ3v) is 4.30. The van der Waals surface area contributed by atoms with E-state index in [4.69, 9.17) is 9.47 Å². The van der Waals surface area contributed by atoms with Gasteiger partial charge in [-0.05, 0) is 38.5 Å². The fraction of sp³-hybridized carbons (Fsp3) is 0.368. The second-order valence-electron chi connectivity index (χ2n) is 6.27. The Kier molecular flexibility index (Phi) is 4.79. The molecule has 3 rings (SSSR count). The van der Waals surface area contributed by atoms with E-state index in [1.165, 1.54) is 0 Å². The number of fused-ring (bicyclic) bond motifs is 1. The molecule has 0 atom stereocenters. The van der Waals surface area contributed by atoms with E-state index in [0.717, 1.165) is 39.5 Å². The molecule has 132 valence electrons. The molecule has 3 aromatic rings. The highest BCUT2D eigenvalue weighted by molar-refractivity contribution is 5.90. The summed E-state index contributed by atoms with van der Waals surface area (Å²) in [4.78, 5) is 8.91. The fourth-order valence-corrected chi connectivity index (χ4v) is 2.97. The molecule has 0 aliphatic carbocycles. The van der Waals surface area contributed by atoms with Gasteiger partial charge >= 0.3 is 0 Å². The lowest BCUT2D eigenvalue weighted by Gasteiger charge is -2.13. The molecule has 0 radical (unpaired) electrons. The van der Waals surface area contributed by atoms with Gasteiger partial charge in [-0.2, -0.15) is 0 Å². The van der Waals surface area contributed by atoms with Crippen LogP contribution in [-0.2, 0) is 6.54 Å². The smallest absolute Gasteiger partial charge is 0.145 e. The van der Waals surface area contributed by atoms with E-state index in [-0.39, 0.29) is 0 Å². The first-order chi connectivity index (χ1) is 12.0. The van der Waals surface area contributed by atoms with Crippen LogP contribution in [-0.4, -0.2) is 28.8 Å². The van der Waals surface area contributed by atoms with Crippen molar-refractivity contribution in [2.45, 2.75) is 33.4 Å². The second kappa shape index (κ2) is 7.01. The van der Waals surface area contributed by atoms with Gasteiger partial charge in [0.05, 0.1) is 19.6 Å². The van der Waals surface area contributed by atoms with Crippen LogP contribution in [0.3, 0.4) is 0 Å². The minimum absolute atomic E-state index is 0.348. The molecule has 0 spiro atoms. The van der Waals surface area contributed by atoms with Gasteiger partial charge in [0, 0.05) is 30.4 Å². The van der Waals surface area contributed by atoms with Crippen LogP contribution in [0, 0.1) is 6.92 Å². The predicted octanol–water partition coefficient (Wildman–Crippen LogP) is 3.95. The first kappa shape index (κ1) is 17.1. The molecule has 0 saturated carbocycles. The number of ether oxygens (including phenoxy) is 2. The molecule has 0 amide bonds. The number of nitrogens with one attached hydrogen (secondary N) is 1. The highest BCUT2D eigenvalue weighted by atomic mass is 16.5. The molecule has 0 aliphatic rings. The van der Waals surface area contributed by atoms with E-state index >= 15 is 0 Å². The Morgan fingerprint density at radius 2 is 1.96 bits per heavy atom. The summed E-state index contributed by atoms with van der Waals surface area (Å²) >= 11 is 0. The van der Waals surface area contributed by atoms with Crippen molar-refractivity contribution in [3.63, 3.8) is 0 Å². The minimum Gasteiger partial charge on any atom is -0.497 e. The van der Waals surface area contributed by atoms with E-state index in [9.17, 15) is 0 Å². The van der Waals surface area contributed by atoms with Gasteiger partial charge in [-0.15, -0.1) is 0 Å². The molecule has 6 heteroatoms. The maximum atomic E-state index is 5.47. The topological polar surface area (TPSA) is 61.2 Å². The third-order valence-electron chi connectivity index (χ3n) is 4.30. The Balaban J connectivity index is 1.92. The fourth-order valence-electron chi connectivity index (χ4n) is 2.97. The molecule has 1 aromatic carbocycles. The largest absolute Gasteiger partial charge is 0.497 e. The van der Waals surface area contributed by atoms with Gasteiger partial charge in [0.15, 0.2) is 0 Å². The van der Waals surface area contributed by atoms with Crippen LogP contribution in [0.25, 0.3) is 11.0 Å². The molecule has 0 unspecified atom stereocenters. The van der Waals surface area contributed by atoms with Gasteiger partial charge in [-0.3, -0.25) is 0 Å². The molecule has 0 aliphatic heterocycles. The summed E-state index contributed by atoms with van der Waals surface area (Å²) in [6.07, 6.45) is 3.73. The van der Waals surface area contributed by atoms with Crippen LogP contribution in [0.2, 0.25) is 0 Å². The van der Waals surface area contributed by atoms with Gasteiger partial charge < -0.3 is 19.4 Å². The van der Waals surface area contributed by atoms with Gasteiger partial charge in [0.1, 0.15) is 29.3 Å². The quantitative estimate of drug-likeness (QED) is 0.736. The average molecular weight is 340 g/mol. The molecular formula is C19H24N4O2. The molecule has 2 aromatic heterocycles. The number of methoxy groups -OCH3 is 2. The van der Waals surface area contributed by atoms with E-state index in [1.807, 2.05) is 18.2 Å². The van der Waals surface area contributed by atoms with Gasteiger partial charge in [-0.1, -0.05) is 0 Å². The average Bonchev–Trinajstić information content (AvgIpc) is 2.97. The van der Waals surface area contributed by atoms with Crippen molar-refractivity contribution in [2.75, 3.05) is 19.5 Å². The first-order valence-electron chi connectivity index (χ1n) is 8.32. The number of nitrogens with zero attached hydrogens (tertiary/aromatic N) is 3. The van der Waals surface area contributed by atoms with Crippen molar-refractivity contribution < 1.29 is 9.47 Å². The molecule has 0 saturated heterocycles. The molecule has 2 heterocycles. The summed E-state index contributed by atoms with van der Waals surface area (Å²) in [7, 11) is 3.31. The van der Waals surface area contributed by atoms with Crippen LogP contribution in [0.4, 0.5) is 5.82 Å². The third kappa shape index (κ3) is 3.24. The lowest BCUT2D eigenvalue weighted by Crippen LogP contribution is -2.05. The Labute approximate surface area is 147 Å².